The number of amides is 1. The number of hydrogen-bond acceptors (Lipinski definition) is 5. The summed E-state index contributed by atoms with van der Waals surface area (Å²) in [4.78, 5) is 22.6. The first-order valence-electron chi connectivity index (χ1n) is 9.97. The van der Waals surface area contributed by atoms with Gasteiger partial charge in [-0.05, 0) is 47.5 Å². The first-order valence-corrected chi connectivity index (χ1v) is 9.97. The van der Waals surface area contributed by atoms with E-state index in [1.807, 2.05) is 54.6 Å². The Hall–Kier alpha value is -4.19. The number of carbonyl (C=O) groups excluding carboxylic acids is 1. The van der Waals surface area contributed by atoms with Gasteiger partial charge in [0.1, 0.15) is 5.75 Å². The summed E-state index contributed by atoms with van der Waals surface area (Å²) < 4.78 is 5.51. The molecule has 1 amide bonds. The lowest BCUT2D eigenvalue weighted by molar-refractivity contribution is -0.120. The Balaban J connectivity index is 1.42. The van der Waals surface area contributed by atoms with E-state index in [-0.39, 0.29) is 12.5 Å². The van der Waals surface area contributed by atoms with Gasteiger partial charge in [-0.25, -0.2) is 9.97 Å². The Bertz CT molecular complexity index is 1260. The molecule has 0 atom stereocenters. The average Bonchev–Trinajstić information content (AvgIpc) is 2.82. The number of ether oxygens (including phenoxy) is 1. The first-order chi connectivity index (χ1) is 15.2. The molecule has 0 unspecified atom stereocenters. The summed E-state index contributed by atoms with van der Waals surface area (Å²) in [7, 11) is 1.75. The number of hydrogen-bond donors (Lipinski definition) is 1. The number of nitrogens with one attached hydrogen (secondary N) is 1. The summed E-state index contributed by atoms with van der Waals surface area (Å²) in [6.07, 6.45) is 1.72. The summed E-state index contributed by atoms with van der Waals surface area (Å²) in [5.74, 6) is 1.12. The molecule has 4 aromatic rings. The summed E-state index contributed by atoms with van der Waals surface area (Å²) in [6, 6.07) is 25.9. The number of benzene rings is 3. The molecule has 0 fully saturated rings. The van der Waals surface area contributed by atoms with Crippen molar-refractivity contribution >= 4 is 23.2 Å². The third kappa shape index (κ3) is 3.83. The van der Waals surface area contributed by atoms with Crippen LogP contribution in [0.25, 0.3) is 22.4 Å². The van der Waals surface area contributed by atoms with E-state index in [1.165, 1.54) is 0 Å². The van der Waals surface area contributed by atoms with Crippen LogP contribution in [0.5, 0.6) is 5.75 Å². The fourth-order valence-electron chi connectivity index (χ4n) is 3.55. The van der Waals surface area contributed by atoms with Crippen LogP contribution < -0.4 is 15.0 Å². The second kappa shape index (κ2) is 7.91. The molecule has 152 valence electrons. The molecule has 5 rings (SSSR count). The molecular formula is C25H20N4O2. The molecule has 0 spiro atoms. The highest BCUT2D eigenvalue weighted by molar-refractivity contribution is 5.98. The first kappa shape index (κ1) is 18.8. The predicted octanol–water partition coefficient (Wildman–Crippen LogP) is 4.91. The zero-order chi connectivity index (χ0) is 21.2. The minimum absolute atomic E-state index is 0.0620. The highest BCUT2D eigenvalue weighted by Crippen LogP contribution is 2.35. The van der Waals surface area contributed by atoms with Gasteiger partial charge < -0.3 is 15.0 Å². The molecule has 1 aliphatic heterocycles. The zero-order valence-corrected chi connectivity index (χ0v) is 16.9. The monoisotopic (exact) mass is 408 g/mol. The molecule has 0 saturated heterocycles. The van der Waals surface area contributed by atoms with Crippen LogP contribution in [0.4, 0.5) is 17.3 Å². The zero-order valence-electron chi connectivity index (χ0n) is 16.9. The quantitative estimate of drug-likeness (QED) is 0.520. The summed E-state index contributed by atoms with van der Waals surface area (Å²) >= 11 is 0. The van der Waals surface area contributed by atoms with E-state index in [9.17, 15) is 4.79 Å². The van der Waals surface area contributed by atoms with Crippen molar-refractivity contribution in [2.45, 2.75) is 0 Å². The van der Waals surface area contributed by atoms with Crippen molar-refractivity contribution in [2.24, 2.45) is 0 Å². The normalized spacial score (nSPS) is 12.8. The minimum Gasteiger partial charge on any atom is -0.482 e. The smallest absolute Gasteiger partial charge is 0.264 e. The third-order valence-electron chi connectivity index (χ3n) is 5.22. The highest BCUT2D eigenvalue weighted by atomic mass is 16.5. The molecule has 31 heavy (non-hydrogen) atoms. The van der Waals surface area contributed by atoms with Crippen molar-refractivity contribution < 1.29 is 9.53 Å². The van der Waals surface area contributed by atoms with Gasteiger partial charge in [0, 0.05) is 24.5 Å². The average molecular weight is 408 g/mol. The van der Waals surface area contributed by atoms with E-state index in [1.54, 1.807) is 18.1 Å². The molecule has 6 nitrogen and oxygen atoms in total. The Labute approximate surface area is 180 Å². The van der Waals surface area contributed by atoms with Crippen LogP contribution in [0.2, 0.25) is 0 Å². The van der Waals surface area contributed by atoms with Crippen molar-refractivity contribution in [3.63, 3.8) is 0 Å². The Morgan fingerprint density at radius 1 is 0.903 bits per heavy atom. The largest absolute Gasteiger partial charge is 0.482 e. The van der Waals surface area contributed by atoms with Crippen LogP contribution in [0, 0.1) is 0 Å². The van der Waals surface area contributed by atoms with Crippen LogP contribution in [0.15, 0.2) is 85.1 Å². The van der Waals surface area contributed by atoms with Gasteiger partial charge in [-0.15, -0.1) is 0 Å². The molecule has 1 N–H and O–H groups in total. The maximum absolute atomic E-state index is 12.0. The molecule has 0 radical (unpaired) electrons. The van der Waals surface area contributed by atoms with Crippen molar-refractivity contribution in [1.82, 2.24) is 9.97 Å². The van der Waals surface area contributed by atoms with E-state index >= 15 is 0 Å². The Morgan fingerprint density at radius 3 is 2.61 bits per heavy atom. The molecule has 0 saturated carbocycles. The maximum Gasteiger partial charge on any atom is 0.264 e. The number of fused-ring (bicyclic) bond motifs is 1. The maximum atomic E-state index is 12.0. The summed E-state index contributed by atoms with van der Waals surface area (Å²) in [6.45, 7) is 0.0620. The van der Waals surface area contributed by atoms with Crippen LogP contribution in [0.3, 0.4) is 0 Å². The number of nitrogens with zero attached hydrogens (tertiary/aromatic N) is 3. The van der Waals surface area contributed by atoms with Crippen molar-refractivity contribution in [1.29, 1.82) is 0 Å². The standard InChI is InChI=1S/C25H20N4O2/c1-29-22-15-19(10-11-23(22)31-16-24(29)30)21-12-13-26-25(28-21)27-20-9-5-8-18(14-20)17-6-3-2-4-7-17/h2-15H,16H2,1H3,(H,26,27,28). The van der Waals surface area contributed by atoms with E-state index in [2.05, 4.69) is 39.6 Å². The topological polar surface area (TPSA) is 67.4 Å². The highest BCUT2D eigenvalue weighted by Gasteiger charge is 2.22. The predicted molar refractivity (Wildman–Crippen MR) is 122 cm³/mol. The number of likely N-dealkylation sites (N-methyl/N-ethyl adjacent to an activating group) is 1. The van der Waals surface area contributed by atoms with Crippen molar-refractivity contribution in [3.05, 3.63) is 85.1 Å². The fraction of sp³-hybridized carbons (Fsp3) is 0.0800. The van der Waals surface area contributed by atoms with E-state index in [4.69, 9.17) is 4.74 Å². The van der Waals surface area contributed by atoms with Crippen LogP contribution in [-0.4, -0.2) is 29.5 Å². The second-order valence-electron chi connectivity index (χ2n) is 7.26. The van der Waals surface area contributed by atoms with Crippen LogP contribution >= 0.6 is 0 Å². The van der Waals surface area contributed by atoms with Gasteiger partial charge in [0.05, 0.1) is 11.4 Å². The van der Waals surface area contributed by atoms with Crippen molar-refractivity contribution in [2.75, 3.05) is 23.9 Å². The van der Waals surface area contributed by atoms with Crippen LogP contribution in [0.1, 0.15) is 0 Å². The van der Waals surface area contributed by atoms with Gasteiger partial charge >= 0.3 is 0 Å². The summed E-state index contributed by atoms with van der Waals surface area (Å²) in [5, 5.41) is 3.29. The van der Waals surface area contributed by atoms with Gasteiger partial charge in [-0.3, -0.25) is 4.79 Å². The van der Waals surface area contributed by atoms with E-state index < -0.39 is 0 Å². The molecule has 3 aromatic carbocycles. The number of anilines is 3. The molecule has 1 aromatic heterocycles. The van der Waals surface area contributed by atoms with Crippen molar-refractivity contribution in [3.8, 4) is 28.1 Å². The van der Waals surface area contributed by atoms with E-state index in [0.29, 0.717) is 11.7 Å². The number of carbonyl (C=O) groups is 1. The van der Waals surface area contributed by atoms with Gasteiger partial charge in [0.2, 0.25) is 5.95 Å². The molecule has 6 heteroatoms. The SMILES string of the molecule is CN1C(=O)COc2ccc(-c3ccnc(Nc4cccc(-c5ccccc5)c4)n3)cc21. The Kier molecular flexibility index (Phi) is 4.80. The molecule has 2 heterocycles. The lowest BCUT2D eigenvalue weighted by Crippen LogP contribution is -2.35. The minimum atomic E-state index is -0.0759. The lowest BCUT2D eigenvalue weighted by Gasteiger charge is -2.26. The van der Waals surface area contributed by atoms with Gasteiger partial charge in [-0.2, -0.15) is 0 Å². The molecule has 1 aliphatic rings. The third-order valence-corrected chi connectivity index (χ3v) is 5.22. The van der Waals surface area contributed by atoms with Gasteiger partial charge in [-0.1, -0.05) is 42.5 Å². The van der Waals surface area contributed by atoms with Gasteiger partial charge in [0.25, 0.3) is 5.91 Å². The van der Waals surface area contributed by atoms with E-state index in [0.717, 1.165) is 33.8 Å². The number of rotatable bonds is 4. The lowest BCUT2D eigenvalue weighted by atomic mass is 10.1. The molecular weight excluding hydrogens is 388 g/mol. The molecule has 0 bridgehead atoms. The second-order valence-corrected chi connectivity index (χ2v) is 7.26. The van der Waals surface area contributed by atoms with Crippen LogP contribution in [-0.2, 0) is 4.79 Å². The number of aromatic nitrogens is 2. The molecule has 0 aliphatic carbocycles. The van der Waals surface area contributed by atoms with Gasteiger partial charge in [0.15, 0.2) is 6.61 Å². The summed E-state index contributed by atoms with van der Waals surface area (Å²) in [5.41, 5.74) is 5.54. The Morgan fingerprint density at radius 2 is 1.74 bits per heavy atom. The fourth-order valence-corrected chi connectivity index (χ4v) is 3.55.